The molecule has 2 amide bonds. The molecule has 0 aromatic heterocycles. The molecule has 34 heavy (non-hydrogen) atoms. The third kappa shape index (κ3) is 5.07. The number of rotatable bonds is 9. The molecule has 0 saturated heterocycles. The number of nitrogens with one attached hydrogen (secondary N) is 1. The fraction of sp³-hybridized carbons (Fsp3) is 0.423. The van der Waals surface area contributed by atoms with E-state index in [9.17, 15) is 19.5 Å². The van der Waals surface area contributed by atoms with Gasteiger partial charge in [-0.1, -0.05) is 55.0 Å². The molecular formula is C26H30N2O6. The highest BCUT2D eigenvalue weighted by Crippen LogP contribution is 2.44. The van der Waals surface area contributed by atoms with Crippen molar-refractivity contribution in [3.05, 3.63) is 59.7 Å². The maximum atomic E-state index is 13.0. The van der Waals surface area contributed by atoms with Crippen molar-refractivity contribution in [2.24, 2.45) is 5.92 Å². The number of hydrogen-bond donors (Lipinski definition) is 2. The second-order valence-electron chi connectivity index (χ2n) is 8.76. The Morgan fingerprint density at radius 1 is 1.03 bits per heavy atom. The van der Waals surface area contributed by atoms with Crippen LogP contribution in [0.5, 0.6) is 0 Å². The minimum atomic E-state index is -1.08. The first-order chi connectivity index (χ1) is 16.5. The molecule has 1 saturated carbocycles. The Kier molecular flexibility index (Phi) is 7.47. The van der Waals surface area contributed by atoms with E-state index in [4.69, 9.17) is 9.47 Å². The molecule has 0 spiro atoms. The van der Waals surface area contributed by atoms with E-state index in [1.54, 1.807) is 0 Å². The smallest absolute Gasteiger partial charge is 0.407 e. The lowest BCUT2D eigenvalue weighted by Crippen LogP contribution is -2.48. The fourth-order valence-corrected chi connectivity index (χ4v) is 5.09. The van der Waals surface area contributed by atoms with Gasteiger partial charge in [-0.05, 0) is 35.1 Å². The summed E-state index contributed by atoms with van der Waals surface area (Å²) < 4.78 is 10.6. The molecule has 0 bridgehead atoms. The Bertz CT molecular complexity index is 1010. The van der Waals surface area contributed by atoms with Gasteiger partial charge in [0.25, 0.3) is 0 Å². The van der Waals surface area contributed by atoms with E-state index >= 15 is 0 Å². The molecule has 0 unspecified atom stereocenters. The van der Waals surface area contributed by atoms with Crippen LogP contribution in [0.15, 0.2) is 48.5 Å². The topological polar surface area (TPSA) is 105 Å². The number of carbonyl (C=O) groups excluding carboxylic acids is 2. The number of aliphatic carboxylic acids is 1. The molecule has 8 nitrogen and oxygen atoms in total. The summed E-state index contributed by atoms with van der Waals surface area (Å²) in [7, 11) is 1.50. The van der Waals surface area contributed by atoms with E-state index in [0.29, 0.717) is 12.8 Å². The van der Waals surface area contributed by atoms with Gasteiger partial charge in [-0.15, -0.1) is 0 Å². The largest absolute Gasteiger partial charge is 0.480 e. The summed E-state index contributed by atoms with van der Waals surface area (Å²) in [6, 6.07) is 15.9. The van der Waals surface area contributed by atoms with Crippen LogP contribution in [0.2, 0.25) is 0 Å². The minimum Gasteiger partial charge on any atom is -0.480 e. The first-order valence-electron chi connectivity index (χ1n) is 11.6. The molecule has 2 aliphatic carbocycles. The van der Waals surface area contributed by atoms with Gasteiger partial charge in [0.15, 0.2) is 0 Å². The average molecular weight is 467 g/mol. The van der Waals surface area contributed by atoms with E-state index < -0.39 is 24.5 Å². The standard InChI is InChI=1S/C26H30N2O6/c1-33-14-13-28(15-24(29)30)25(31)21-11-6-12-23(21)27-26(32)34-16-22-19-9-4-2-7-17(19)18-8-3-5-10-20(18)22/h2-5,7-10,21-23H,6,11-16H2,1H3,(H,27,32)(H,29,30)/t21-,23+/m1/s1. The predicted molar refractivity (Wildman–Crippen MR) is 125 cm³/mol. The number of alkyl carbamates (subject to hydrolysis) is 1. The number of carbonyl (C=O) groups is 3. The Balaban J connectivity index is 1.38. The Morgan fingerprint density at radius 3 is 2.29 bits per heavy atom. The molecule has 2 N–H and O–H groups in total. The number of amides is 2. The number of hydrogen-bond acceptors (Lipinski definition) is 5. The molecule has 2 atom stereocenters. The van der Waals surface area contributed by atoms with Crippen molar-refractivity contribution in [3.8, 4) is 11.1 Å². The van der Waals surface area contributed by atoms with Crippen molar-refractivity contribution in [1.82, 2.24) is 10.2 Å². The first kappa shape index (κ1) is 23.8. The third-order valence-electron chi connectivity index (χ3n) is 6.68. The van der Waals surface area contributed by atoms with Gasteiger partial charge in [0.05, 0.1) is 12.5 Å². The number of ether oxygens (including phenoxy) is 2. The summed E-state index contributed by atoms with van der Waals surface area (Å²) in [5.41, 5.74) is 4.58. The zero-order valence-electron chi connectivity index (χ0n) is 19.2. The molecule has 2 aromatic carbocycles. The number of carboxylic acids is 1. The highest BCUT2D eigenvalue weighted by molar-refractivity contribution is 5.84. The van der Waals surface area contributed by atoms with Crippen molar-refractivity contribution in [2.75, 3.05) is 33.4 Å². The van der Waals surface area contributed by atoms with Crippen LogP contribution >= 0.6 is 0 Å². The number of fused-ring (bicyclic) bond motifs is 3. The summed E-state index contributed by atoms with van der Waals surface area (Å²) >= 11 is 0. The van der Waals surface area contributed by atoms with Crippen LogP contribution in [-0.2, 0) is 19.1 Å². The van der Waals surface area contributed by atoms with Gasteiger partial charge in [-0.3, -0.25) is 9.59 Å². The number of nitrogens with zero attached hydrogens (tertiary/aromatic N) is 1. The van der Waals surface area contributed by atoms with Crippen molar-refractivity contribution < 1.29 is 29.0 Å². The SMILES string of the molecule is COCCN(CC(=O)O)C(=O)[C@@H]1CCC[C@@H]1NC(=O)OCC1c2ccccc2-c2ccccc21. The average Bonchev–Trinajstić information content (AvgIpc) is 3.42. The molecule has 4 rings (SSSR count). The summed E-state index contributed by atoms with van der Waals surface area (Å²) in [5, 5.41) is 12.0. The summed E-state index contributed by atoms with van der Waals surface area (Å²) in [6.45, 7) is 0.243. The second kappa shape index (κ2) is 10.7. The Labute approximate surface area is 198 Å². The van der Waals surface area contributed by atoms with Crippen LogP contribution in [0, 0.1) is 5.92 Å². The van der Waals surface area contributed by atoms with Gasteiger partial charge in [-0.2, -0.15) is 0 Å². The van der Waals surface area contributed by atoms with Gasteiger partial charge in [0.1, 0.15) is 13.2 Å². The molecule has 0 radical (unpaired) electrons. The minimum absolute atomic E-state index is 0.0424. The zero-order valence-corrected chi connectivity index (χ0v) is 19.2. The van der Waals surface area contributed by atoms with Crippen LogP contribution in [0.3, 0.4) is 0 Å². The lowest BCUT2D eigenvalue weighted by atomic mass is 9.98. The maximum Gasteiger partial charge on any atom is 0.407 e. The van der Waals surface area contributed by atoms with Gasteiger partial charge < -0.3 is 24.8 Å². The zero-order chi connectivity index (χ0) is 24.1. The van der Waals surface area contributed by atoms with Crippen LogP contribution in [-0.4, -0.2) is 67.4 Å². The number of methoxy groups -OCH3 is 1. The molecule has 1 fully saturated rings. The Hall–Kier alpha value is -3.39. The van der Waals surface area contributed by atoms with Crippen LogP contribution < -0.4 is 5.32 Å². The van der Waals surface area contributed by atoms with Crippen LogP contribution in [0.25, 0.3) is 11.1 Å². The molecular weight excluding hydrogens is 436 g/mol. The van der Waals surface area contributed by atoms with E-state index in [1.807, 2.05) is 24.3 Å². The molecule has 2 aromatic rings. The summed E-state index contributed by atoms with van der Waals surface area (Å²) in [4.78, 5) is 38.2. The van der Waals surface area contributed by atoms with E-state index in [2.05, 4.69) is 29.6 Å². The van der Waals surface area contributed by atoms with Crippen LogP contribution in [0.4, 0.5) is 4.79 Å². The molecule has 2 aliphatic rings. The lowest BCUT2D eigenvalue weighted by molar-refractivity contribution is -0.147. The van der Waals surface area contributed by atoms with Gasteiger partial charge in [0, 0.05) is 25.6 Å². The molecule has 180 valence electrons. The van der Waals surface area contributed by atoms with Gasteiger partial charge in [-0.25, -0.2) is 4.79 Å². The van der Waals surface area contributed by atoms with E-state index in [-0.39, 0.29) is 37.6 Å². The highest BCUT2D eigenvalue weighted by atomic mass is 16.5. The molecule has 0 heterocycles. The number of carboxylic acid groups (broad SMARTS) is 1. The quantitative estimate of drug-likeness (QED) is 0.588. The van der Waals surface area contributed by atoms with E-state index in [1.165, 1.54) is 12.0 Å². The Morgan fingerprint density at radius 2 is 1.68 bits per heavy atom. The molecule has 0 aliphatic heterocycles. The maximum absolute atomic E-state index is 13.0. The van der Waals surface area contributed by atoms with Gasteiger partial charge in [0.2, 0.25) is 5.91 Å². The van der Waals surface area contributed by atoms with Crippen molar-refractivity contribution in [3.63, 3.8) is 0 Å². The van der Waals surface area contributed by atoms with Crippen molar-refractivity contribution in [2.45, 2.75) is 31.2 Å². The van der Waals surface area contributed by atoms with Crippen LogP contribution in [0.1, 0.15) is 36.3 Å². The lowest BCUT2D eigenvalue weighted by Gasteiger charge is -2.27. The second-order valence-corrected chi connectivity index (χ2v) is 8.76. The molecule has 8 heteroatoms. The monoisotopic (exact) mass is 466 g/mol. The predicted octanol–water partition coefficient (Wildman–Crippen LogP) is 3.25. The van der Waals surface area contributed by atoms with E-state index in [0.717, 1.165) is 28.7 Å². The fourth-order valence-electron chi connectivity index (χ4n) is 5.09. The highest BCUT2D eigenvalue weighted by Gasteiger charge is 2.37. The summed E-state index contributed by atoms with van der Waals surface area (Å²) in [5.74, 6) is -1.87. The normalized spacial score (nSPS) is 18.7. The third-order valence-corrected chi connectivity index (χ3v) is 6.68. The van der Waals surface area contributed by atoms with Crippen molar-refractivity contribution in [1.29, 1.82) is 0 Å². The van der Waals surface area contributed by atoms with Gasteiger partial charge >= 0.3 is 12.1 Å². The first-order valence-corrected chi connectivity index (χ1v) is 11.6. The van der Waals surface area contributed by atoms with Crippen molar-refractivity contribution >= 4 is 18.0 Å². The summed E-state index contributed by atoms with van der Waals surface area (Å²) in [6.07, 6.45) is 1.45. The number of benzene rings is 2.